The molecule has 0 bridgehead atoms. The number of hydrogen-bond donors (Lipinski definition) is 1. The van der Waals surface area contributed by atoms with E-state index in [1.165, 1.54) is 12.8 Å². The van der Waals surface area contributed by atoms with Crippen LogP contribution >= 0.6 is 0 Å². The topological polar surface area (TPSA) is 34.1 Å². The van der Waals surface area contributed by atoms with Gasteiger partial charge in [-0.3, -0.25) is 0 Å². The normalized spacial score (nSPS) is 20.0. The summed E-state index contributed by atoms with van der Waals surface area (Å²) in [6.45, 7) is 2.07. The molecule has 0 unspecified atom stereocenters. The van der Waals surface area contributed by atoms with Gasteiger partial charge in [0.25, 0.3) is 0 Å². The fourth-order valence-corrected chi connectivity index (χ4v) is 2.04. The van der Waals surface area contributed by atoms with E-state index in [4.69, 9.17) is 4.74 Å². The third-order valence-electron chi connectivity index (χ3n) is 3.28. The largest absolute Gasteiger partial charge is 0.474 e. The molecular weight excluding hydrogens is 224 g/mol. The number of nitrogens with zero attached hydrogens (tertiary/aromatic N) is 1. The number of rotatable bonds is 2. The number of pyridine rings is 1. The average molecular weight is 242 g/mol. The molecule has 1 aliphatic carbocycles. The van der Waals surface area contributed by atoms with Crippen LogP contribution in [-0.4, -0.2) is 24.2 Å². The maximum absolute atomic E-state index is 5.90. The summed E-state index contributed by atoms with van der Waals surface area (Å²) in [5.41, 5.74) is 0.827. The van der Waals surface area contributed by atoms with Crippen molar-refractivity contribution in [1.29, 1.82) is 0 Å². The molecule has 94 valence electrons. The van der Waals surface area contributed by atoms with E-state index in [1.807, 2.05) is 18.2 Å². The summed E-state index contributed by atoms with van der Waals surface area (Å²) in [5, 5.41) is 3.33. The molecule has 0 amide bonds. The van der Waals surface area contributed by atoms with Gasteiger partial charge in [0.2, 0.25) is 5.88 Å². The van der Waals surface area contributed by atoms with Crippen LogP contribution in [0.1, 0.15) is 31.4 Å². The van der Waals surface area contributed by atoms with Crippen molar-refractivity contribution in [2.75, 3.05) is 13.1 Å². The summed E-state index contributed by atoms with van der Waals surface area (Å²) in [6.07, 6.45) is 4.90. The summed E-state index contributed by atoms with van der Waals surface area (Å²) in [4.78, 5) is 4.45. The summed E-state index contributed by atoms with van der Waals surface area (Å²) < 4.78 is 5.90. The number of aromatic nitrogens is 1. The Kier molecular flexibility index (Phi) is 3.47. The molecule has 0 radical (unpaired) electrons. The highest BCUT2D eigenvalue weighted by molar-refractivity contribution is 5.31. The van der Waals surface area contributed by atoms with Crippen molar-refractivity contribution < 1.29 is 4.74 Å². The maximum atomic E-state index is 5.90. The van der Waals surface area contributed by atoms with Crippen molar-refractivity contribution in [3.05, 3.63) is 23.9 Å². The second-order valence-corrected chi connectivity index (χ2v) is 4.97. The van der Waals surface area contributed by atoms with E-state index in [2.05, 4.69) is 22.1 Å². The van der Waals surface area contributed by atoms with Crippen molar-refractivity contribution >= 4 is 0 Å². The predicted molar refractivity (Wildman–Crippen MR) is 70.4 cm³/mol. The predicted octanol–water partition coefficient (Wildman–Crippen LogP) is 1.97. The number of nitrogens with one attached hydrogen (secondary N) is 1. The van der Waals surface area contributed by atoms with E-state index >= 15 is 0 Å². The van der Waals surface area contributed by atoms with Gasteiger partial charge in [-0.2, -0.15) is 0 Å². The maximum Gasteiger partial charge on any atom is 0.214 e. The lowest BCUT2D eigenvalue weighted by molar-refractivity contribution is 0.156. The van der Waals surface area contributed by atoms with Crippen molar-refractivity contribution in [2.24, 2.45) is 5.92 Å². The lowest BCUT2D eigenvalue weighted by Crippen LogP contribution is -2.34. The Balaban J connectivity index is 1.64. The highest BCUT2D eigenvalue weighted by atomic mass is 16.5. The van der Waals surface area contributed by atoms with Gasteiger partial charge in [0, 0.05) is 12.0 Å². The van der Waals surface area contributed by atoms with Crippen LogP contribution in [-0.2, 0) is 0 Å². The molecule has 3 nitrogen and oxygen atoms in total. The zero-order valence-electron chi connectivity index (χ0n) is 10.5. The molecule has 0 spiro atoms. The van der Waals surface area contributed by atoms with Crippen molar-refractivity contribution in [2.45, 2.75) is 31.8 Å². The lowest BCUT2D eigenvalue weighted by Gasteiger charge is -2.23. The van der Waals surface area contributed by atoms with Gasteiger partial charge in [0.15, 0.2) is 0 Å². The standard InChI is InChI=1S/C15H18N2O/c1-2-13(7-6-12-4-5-12)17-15(3-1)18-14-8-10-16-11-9-14/h1-3,12,14,16H,4-5,8-11H2. The number of piperidine rings is 1. The fourth-order valence-electron chi connectivity index (χ4n) is 2.04. The van der Waals surface area contributed by atoms with E-state index in [1.54, 1.807) is 0 Å². The van der Waals surface area contributed by atoms with Crippen LogP contribution in [0, 0.1) is 17.8 Å². The van der Waals surface area contributed by atoms with Gasteiger partial charge in [0.05, 0.1) is 0 Å². The van der Waals surface area contributed by atoms with Gasteiger partial charge in [-0.1, -0.05) is 12.0 Å². The van der Waals surface area contributed by atoms with Gasteiger partial charge in [-0.15, -0.1) is 0 Å². The molecule has 2 fully saturated rings. The third-order valence-corrected chi connectivity index (χ3v) is 3.28. The van der Waals surface area contributed by atoms with Gasteiger partial charge in [-0.05, 0) is 50.8 Å². The van der Waals surface area contributed by atoms with E-state index in [-0.39, 0.29) is 0 Å². The average Bonchev–Trinajstić information content (AvgIpc) is 3.22. The van der Waals surface area contributed by atoms with Gasteiger partial charge in [-0.25, -0.2) is 4.98 Å². The fraction of sp³-hybridized carbons (Fsp3) is 0.533. The van der Waals surface area contributed by atoms with Crippen molar-refractivity contribution in [1.82, 2.24) is 10.3 Å². The molecule has 0 aromatic carbocycles. The number of hydrogen-bond acceptors (Lipinski definition) is 3. The van der Waals surface area contributed by atoms with E-state index in [9.17, 15) is 0 Å². The minimum atomic E-state index is 0.297. The first-order chi connectivity index (χ1) is 8.90. The molecule has 2 aliphatic rings. The van der Waals surface area contributed by atoms with Crippen molar-refractivity contribution in [3.63, 3.8) is 0 Å². The molecular formula is C15H18N2O. The molecule has 2 heterocycles. The minimum Gasteiger partial charge on any atom is -0.474 e. The van der Waals surface area contributed by atoms with Gasteiger partial charge >= 0.3 is 0 Å². The summed E-state index contributed by atoms with van der Waals surface area (Å²) in [5.74, 6) is 7.68. The molecule has 1 aliphatic heterocycles. The Bertz CT molecular complexity index is 465. The van der Waals surface area contributed by atoms with E-state index in [0.29, 0.717) is 17.9 Å². The van der Waals surface area contributed by atoms with Gasteiger partial charge < -0.3 is 10.1 Å². The van der Waals surface area contributed by atoms with Crippen LogP contribution in [0.25, 0.3) is 0 Å². The Morgan fingerprint density at radius 3 is 2.78 bits per heavy atom. The first-order valence-corrected chi connectivity index (χ1v) is 6.76. The minimum absolute atomic E-state index is 0.297. The van der Waals surface area contributed by atoms with E-state index < -0.39 is 0 Å². The molecule has 1 saturated heterocycles. The molecule has 1 saturated carbocycles. The molecule has 18 heavy (non-hydrogen) atoms. The van der Waals surface area contributed by atoms with Crippen LogP contribution in [0.15, 0.2) is 18.2 Å². The van der Waals surface area contributed by atoms with Crippen LogP contribution in [0.3, 0.4) is 0 Å². The second kappa shape index (κ2) is 5.41. The smallest absolute Gasteiger partial charge is 0.214 e. The Morgan fingerprint density at radius 2 is 2.00 bits per heavy atom. The summed E-state index contributed by atoms with van der Waals surface area (Å²) in [6, 6.07) is 5.84. The molecule has 3 rings (SSSR count). The van der Waals surface area contributed by atoms with Gasteiger partial charge in [0.1, 0.15) is 11.8 Å². The molecule has 1 aromatic heterocycles. The van der Waals surface area contributed by atoms with Crippen LogP contribution in [0.4, 0.5) is 0 Å². The first kappa shape index (κ1) is 11.6. The Hall–Kier alpha value is -1.53. The highest BCUT2D eigenvalue weighted by Crippen LogP contribution is 2.27. The monoisotopic (exact) mass is 242 g/mol. The third kappa shape index (κ3) is 3.24. The number of ether oxygens (including phenoxy) is 1. The highest BCUT2D eigenvalue weighted by Gasteiger charge is 2.18. The van der Waals surface area contributed by atoms with Crippen molar-refractivity contribution in [3.8, 4) is 17.7 Å². The zero-order valence-corrected chi connectivity index (χ0v) is 10.5. The Morgan fingerprint density at radius 1 is 1.17 bits per heavy atom. The van der Waals surface area contributed by atoms with Crippen LogP contribution < -0.4 is 10.1 Å². The molecule has 1 N–H and O–H groups in total. The summed E-state index contributed by atoms with van der Waals surface area (Å²) in [7, 11) is 0. The Labute approximate surface area is 108 Å². The van der Waals surface area contributed by atoms with E-state index in [0.717, 1.165) is 31.6 Å². The zero-order chi connectivity index (χ0) is 12.2. The summed E-state index contributed by atoms with van der Waals surface area (Å²) >= 11 is 0. The quantitative estimate of drug-likeness (QED) is 0.805. The van der Waals surface area contributed by atoms with Crippen LogP contribution in [0.5, 0.6) is 5.88 Å². The van der Waals surface area contributed by atoms with Crippen LogP contribution in [0.2, 0.25) is 0 Å². The molecule has 1 aromatic rings. The lowest BCUT2D eigenvalue weighted by atomic mass is 10.1. The SMILES string of the molecule is C(#CC1CC1)c1cccc(OC2CCNCC2)n1. The second-order valence-electron chi connectivity index (χ2n) is 4.97. The molecule has 3 heteroatoms. The first-order valence-electron chi connectivity index (χ1n) is 6.76. The molecule has 0 atom stereocenters.